The number of rotatable bonds is 5. The lowest BCUT2D eigenvalue weighted by Crippen LogP contribution is -2.47. The highest BCUT2D eigenvalue weighted by Crippen LogP contribution is 2.40. The molecule has 0 bridgehead atoms. The van der Waals surface area contributed by atoms with Crippen LogP contribution in [0.2, 0.25) is 0 Å². The van der Waals surface area contributed by atoms with Crippen LogP contribution in [0.25, 0.3) is 0 Å². The van der Waals surface area contributed by atoms with Crippen molar-refractivity contribution in [3.05, 3.63) is 0 Å². The third kappa shape index (κ3) is 4.20. The summed E-state index contributed by atoms with van der Waals surface area (Å²) in [6, 6.07) is 0.349. The molecule has 0 aromatic carbocycles. The quantitative estimate of drug-likeness (QED) is 0.805. The molecule has 19 heavy (non-hydrogen) atoms. The molecule has 0 saturated heterocycles. The molecule has 0 radical (unpaired) electrons. The molecule has 1 aliphatic rings. The maximum absolute atomic E-state index is 12.1. The zero-order valence-corrected chi connectivity index (χ0v) is 13.4. The van der Waals surface area contributed by atoms with Crippen LogP contribution in [-0.4, -0.2) is 18.5 Å². The smallest absolute Gasteiger partial charge is 0.227 e. The fraction of sp³-hybridized carbons (Fsp3) is 0.938. The van der Waals surface area contributed by atoms with Gasteiger partial charge in [0, 0.05) is 12.6 Å². The number of carbonyl (C=O) groups excluding carboxylic acids is 1. The Balaban J connectivity index is 2.45. The molecular formula is C16H32N2O. The van der Waals surface area contributed by atoms with Gasteiger partial charge in [0.2, 0.25) is 5.91 Å². The number of hydrogen-bond acceptors (Lipinski definition) is 2. The molecule has 1 saturated carbocycles. The molecule has 112 valence electrons. The second kappa shape index (κ2) is 6.25. The van der Waals surface area contributed by atoms with Crippen LogP contribution in [0, 0.1) is 16.7 Å². The molecule has 1 amide bonds. The predicted molar refractivity (Wildman–Crippen MR) is 80.8 cm³/mol. The lowest BCUT2D eigenvalue weighted by molar-refractivity contribution is -0.130. The fourth-order valence-corrected chi connectivity index (χ4v) is 2.78. The van der Waals surface area contributed by atoms with Crippen molar-refractivity contribution in [2.75, 3.05) is 6.54 Å². The van der Waals surface area contributed by atoms with Crippen LogP contribution >= 0.6 is 0 Å². The van der Waals surface area contributed by atoms with Crippen LogP contribution < -0.4 is 11.1 Å². The molecule has 3 nitrogen and oxygen atoms in total. The van der Waals surface area contributed by atoms with Crippen LogP contribution in [-0.2, 0) is 4.79 Å². The summed E-state index contributed by atoms with van der Waals surface area (Å²) in [4.78, 5) is 12.1. The van der Waals surface area contributed by atoms with Crippen molar-refractivity contribution in [2.24, 2.45) is 22.5 Å². The zero-order chi connectivity index (χ0) is 14.7. The van der Waals surface area contributed by atoms with Gasteiger partial charge in [0.1, 0.15) is 0 Å². The van der Waals surface area contributed by atoms with Crippen molar-refractivity contribution >= 4 is 5.91 Å². The number of nitrogens with two attached hydrogens (primary N) is 1. The first-order valence-electron chi connectivity index (χ1n) is 7.74. The largest absolute Gasteiger partial charge is 0.353 e. The maximum Gasteiger partial charge on any atom is 0.227 e. The lowest BCUT2D eigenvalue weighted by atomic mass is 9.69. The van der Waals surface area contributed by atoms with Gasteiger partial charge in [-0.3, -0.25) is 4.79 Å². The normalized spacial score (nSPS) is 25.2. The van der Waals surface area contributed by atoms with E-state index in [0.717, 1.165) is 18.8 Å². The van der Waals surface area contributed by atoms with Gasteiger partial charge in [-0.05, 0) is 50.9 Å². The second-order valence-electron chi connectivity index (χ2n) is 7.45. The van der Waals surface area contributed by atoms with Gasteiger partial charge in [0.25, 0.3) is 0 Å². The second-order valence-corrected chi connectivity index (χ2v) is 7.45. The van der Waals surface area contributed by atoms with E-state index in [9.17, 15) is 4.79 Å². The number of carbonyl (C=O) groups is 1. The van der Waals surface area contributed by atoms with E-state index in [1.54, 1.807) is 0 Å². The molecule has 0 aromatic rings. The molecule has 0 atom stereocenters. The van der Waals surface area contributed by atoms with Gasteiger partial charge in [-0.15, -0.1) is 0 Å². The molecule has 0 unspecified atom stereocenters. The van der Waals surface area contributed by atoms with Gasteiger partial charge in [-0.25, -0.2) is 0 Å². The molecule has 0 spiro atoms. The average Bonchev–Trinajstić information content (AvgIpc) is 2.39. The van der Waals surface area contributed by atoms with Gasteiger partial charge in [0.15, 0.2) is 0 Å². The van der Waals surface area contributed by atoms with Crippen LogP contribution in [0.1, 0.15) is 66.7 Å². The minimum atomic E-state index is -0.445. The van der Waals surface area contributed by atoms with Crippen LogP contribution in [0.4, 0.5) is 0 Å². The Morgan fingerprint density at radius 3 is 2.11 bits per heavy atom. The Bertz CT molecular complexity index is 302. The van der Waals surface area contributed by atoms with Crippen LogP contribution in [0.5, 0.6) is 0 Å². The SMILES string of the molecule is CCC(C)(C)C1CCC(NC(=O)C(C)(C)CN)CC1. The topological polar surface area (TPSA) is 55.1 Å². The van der Waals surface area contributed by atoms with Crippen molar-refractivity contribution in [1.29, 1.82) is 0 Å². The molecule has 0 aliphatic heterocycles. The van der Waals surface area contributed by atoms with Gasteiger partial charge in [0.05, 0.1) is 5.41 Å². The van der Waals surface area contributed by atoms with Crippen molar-refractivity contribution in [3.8, 4) is 0 Å². The van der Waals surface area contributed by atoms with E-state index in [4.69, 9.17) is 5.73 Å². The molecule has 3 heteroatoms. The Labute approximate surface area is 118 Å². The third-order valence-corrected chi connectivity index (χ3v) is 5.20. The molecule has 1 fully saturated rings. The van der Waals surface area contributed by atoms with E-state index >= 15 is 0 Å². The minimum absolute atomic E-state index is 0.105. The van der Waals surface area contributed by atoms with E-state index in [2.05, 4.69) is 26.1 Å². The van der Waals surface area contributed by atoms with Gasteiger partial charge in [-0.1, -0.05) is 27.2 Å². The number of hydrogen-bond donors (Lipinski definition) is 2. The summed E-state index contributed by atoms with van der Waals surface area (Å²) < 4.78 is 0. The Kier molecular flexibility index (Phi) is 5.43. The van der Waals surface area contributed by atoms with Crippen molar-refractivity contribution in [2.45, 2.75) is 72.8 Å². The van der Waals surface area contributed by atoms with E-state index in [1.807, 2.05) is 13.8 Å². The van der Waals surface area contributed by atoms with Crippen molar-refractivity contribution in [1.82, 2.24) is 5.32 Å². The summed E-state index contributed by atoms with van der Waals surface area (Å²) in [5.74, 6) is 0.904. The first-order valence-corrected chi connectivity index (χ1v) is 7.74. The van der Waals surface area contributed by atoms with Crippen molar-refractivity contribution in [3.63, 3.8) is 0 Å². The summed E-state index contributed by atoms with van der Waals surface area (Å²) >= 11 is 0. The predicted octanol–water partition coefficient (Wildman–Crippen LogP) is 3.08. The molecular weight excluding hydrogens is 236 g/mol. The molecule has 0 heterocycles. The van der Waals surface area contributed by atoms with E-state index < -0.39 is 5.41 Å². The van der Waals surface area contributed by atoms with Gasteiger partial charge < -0.3 is 11.1 Å². The van der Waals surface area contributed by atoms with Gasteiger partial charge in [-0.2, -0.15) is 0 Å². The Hall–Kier alpha value is -0.570. The molecule has 0 aromatic heterocycles. The standard InChI is InChI=1S/C16H32N2O/c1-6-15(2,3)12-7-9-13(10-8-12)18-14(19)16(4,5)11-17/h12-13H,6-11,17H2,1-5H3,(H,18,19). The summed E-state index contributed by atoms with van der Waals surface area (Å²) in [6.07, 6.45) is 5.92. The van der Waals surface area contributed by atoms with Gasteiger partial charge >= 0.3 is 0 Å². The molecule has 1 aliphatic carbocycles. The zero-order valence-electron chi connectivity index (χ0n) is 13.4. The summed E-state index contributed by atoms with van der Waals surface area (Å²) in [5.41, 5.74) is 5.64. The highest BCUT2D eigenvalue weighted by atomic mass is 16.2. The van der Waals surface area contributed by atoms with Crippen LogP contribution in [0.15, 0.2) is 0 Å². The first kappa shape index (κ1) is 16.5. The molecule has 3 N–H and O–H groups in total. The number of nitrogens with one attached hydrogen (secondary N) is 1. The van der Waals surface area contributed by atoms with Crippen molar-refractivity contribution < 1.29 is 4.79 Å². The highest BCUT2D eigenvalue weighted by molar-refractivity contribution is 5.82. The summed E-state index contributed by atoms with van der Waals surface area (Å²) in [6.45, 7) is 11.2. The fourth-order valence-electron chi connectivity index (χ4n) is 2.78. The highest BCUT2D eigenvalue weighted by Gasteiger charge is 2.34. The first-order chi connectivity index (χ1) is 8.73. The van der Waals surface area contributed by atoms with E-state index in [0.29, 0.717) is 18.0 Å². The lowest BCUT2D eigenvalue weighted by Gasteiger charge is -2.39. The average molecular weight is 268 g/mol. The number of amides is 1. The van der Waals surface area contributed by atoms with Crippen LogP contribution in [0.3, 0.4) is 0 Å². The summed E-state index contributed by atoms with van der Waals surface area (Å²) in [7, 11) is 0. The molecule has 1 rings (SSSR count). The summed E-state index contributed by atoms with van der Waals surface area (Å²) in [5, 5.41) is 3.18. The Morgan fingerprint density at radius 1 is 1.16 bits per heavy atom. The monoisotopic (exact) mass is 268 g/mol. The minimum Gasteiger partial charge on any atom is -0.353 e. The third-order valence-electron chi connectivity index (χ3n) is 5.20. The van der Waals surface area contributed by atoms with E-state index in [-0.39, 0.29) is 5.91 Å². The maximum atomic E-state index is 12.1. The van der Waals surface area contributed by atoms with E-state index in [1.165, 1.54) is 19.3 Å². The Morgan fingerprint density at radius 2 is 1.68 bits per heavy atom.